The average Bonchev–Trinajstić information content (AvgIpc) is 3.06. The highest BCUT2D eigenvalue weighted by Gasteiger charge is 2.48. The minimum atomic E-state index is -3.67. The molecular weight excluding hydrogens is 355 g/mol. The van der Waals surface area contributed by atoms with Gasteiger partial charge in [-0.15, -0.1) is 0 Å². The van der Waals surface area contributed by atoms with Crippen molar-refractivity contribution in [1.29, 1.82) is 0 Å². The molecule has 0 aliphatic carbocycles. The molecule has 138 valence electrons. The van der Waals surface area contributed by atoms with Gasteiger partial charge in [-0.2, -0.15) is 4.31 Å². The Morgan fingerprint density at radius 3 is 2.23 bits per heavy atom. The van der Waals surface area contributed by atoms with Crippen LogP contribution in [0.15, 0.2) is 60.7 Å². The van der Waals surface area contributed by atoms with Crippen molar-refractivity contribution in [3.05, 3.63) is 71.8 Å². The van der Waals surface area contributed by atoms with Crippen LogP contribution in [0.5, 0.6) is 0 Å². The molecule has 1 atom stereocenters. The van der Waals surface area contributed by atoms with E-state index in [1.807, 2.05) is 30.3 Å². The van der Waals surface area contributed by atoms with Crippen LogP contribution in [0.2, 0.25) is 0 Å². The van der Waals surface area contributed by atoms with E-state index >= 15 is 4.39 Å². The van der Waals surface area contributed by atoms with Gasteiger partial charge in [-0.25, -0.2) is 12.8 Å². The lowest BCUT2D eigenvalue weighted by molar-refractivity contribution is -0.132. The van der Waals surface area contributed by atoms with Gasteiger partial charge in [0.15, 0.2) is 0 Å². The Kier molecular flexibility index (Phi) is 5.38. The molecule has 0 radical (unpaired) electrons. The number of carbonyl (C=O) groups excluding carboxylic acids is 1. The fourth-order valence-electron chi connectivity index (χ4n) is 2.98. The molecule has 1 aliphatic heterocycles. The minimum Gasteiger partial charge on any atom is -0.349 e. The normalized spacial score (nSPS) is 20.8. The zero-order valence-electron chi connectivity index (χ0n) is 14.3. The van der Waals surface area contributed by atoms with Crippen LogP contribution in [-0.4, -0.2) is 37.4 Å². The number of halogens is 1. The molecule has 0 bridgehead atoms. The van der Waals surface area contributed by atoms with E-state index in [1.54, 1.807) is 30.3 Å². The Morgan fingerprint density at radius 1 is 1.04 bits per heavy atom. The Balaban J connectivity index is 1.61. The van der Waals surface area contributed by atoms with Crippen LogP contribution >= 0.6 is 0 Å². The molecule has 1 fully saturated rings. The molecule has 2 aromatic carbocycles. The van der Waals surface area contributed by atoms with Crippen LogP contribution in [0.3, 0.4) is 0 Å². The smallest absolute Gasteiger partial charge is 0.259 e. The molecule has 1 N–H and O–H groups in total. The fourth-order valence-corrected chi connectivity index (χ4v) is 4.54. The van der Waals surface area contributed by atoms with Crippen LogP contribution in [0.1, 0.15) is 17.5 Å². The summed E-state index contributed by atoms with van der Waals surface area (Å²) >= 11 is 0. The zero-order chi connectivity index (χ0) is 18.6. The molecule has 7 heteroatoms. The van der Waals surface area contributed by atoms with Crippen molar-refractivity contribution >= 4 is 15.9 Å². The molecule has 1 unspecified atom stereocenters. The summed E-state index contributed by atoms with van der Waals surface area (Å²) in [5.74, 6) is -0.964. The van der Waals surface area contributed by atoms with Crippen molar-refractivity contribution < 1.29 is 17.6 Å². The van der Waals surface area contributed by atoms with E-state index < -0.39 is 28.1 Å². The second-order valence-corrected chi connectivity index (χ2v) is 8.43. The number of rotatable bonds is 6. The van der Waals surface area contributed by atoms with Crippen molar-refractivity contribution in [2.75, 3.05) is 13.1 Å². The molecular formula is C19H21FN2O3S. The van der Waals surface area contributed by atoms with Crippen LogP contribution in [0.4, 0.5) is 4.39 Å². The second kappa shape index (κ2) is 7.55. The van der Waals surface area contributed by atoms with Crippen molar-refractivity contribution in [3.63, 3.8) is 0 Å². The van der Waals surface area contributed by atoms with E-state index in [4.69, 9.17) is 0 Å². The van der Waals surface area contributed by atoms with E-state index in [2.05, 4.69) is 5.32 Å². The van der Waals surface area contributed by atoms with Crippen molar-refractivity contribution in [3.8, 4) is 0 Å². The molecule has 3 rings (SSSR count). The standard InChI is InChI=1S/C19H21FN2O3S/c20-19(18(23)21-13-16-7-3-1-4-8-16)11-12-22(15-19)26(24,25)14-17-9-5-2-6-10-17/h1-10H,11-15H2,(H,21,23). The summed E-state index contributed by atoms with van der Waals surface area (Å²) < 4.78 is 41.1. The maximum absolute atomic E-state index is 15.0. The molecule has 0 spiro atoms. The first-order valence-electron chi connectivity index (χ1n) is 8.42. The van der Waals surface area contributed by atoms with Gasteiger partial charge in [0, 0.05) is 19.5 Å². The Labute approximate surface area is 152 Å². The summed E-state index contributed by atoms with van der Waals surface area (Å²) in [6.07, 6.45) is -0.137. The van der Waals surface area contributed by atoms with Gasteiger partial charge in [0.25, 0.3) is 5.91 Å². The second-order valence-electron chi connectivity index (χ2n) is 6.46. The molecule has 5 nitrogen and oxygen atoms in total. The summed E-state index contributed by atoms with van der Waals surface area (Å²) in [6.45, 7) is -0.227. The van der Waals surface area contributed by atoms with Gasteiger partial charge in [-0.1, -0.05) is 60.7 Å². The first-order chi connectivity index (χ1) is 12.4. The fraction of sp³-hybridized carbons (Fsp3) is 0.316. The third-order valence-electron chi connectivity index (χ3n) is 4.47. The Morgan fingerprint density at radius 2 is 1.62 bits per heavy atom. The highest BCUT2D eigenvalue weighted by molar-refractivity contribution is 7.88. The highest BCUT2D eigenvalue weighted by atomic mass is 32.2. The predicted molar refractivity (Wildman–Crippen MR) is 97.4 cm³/mol. The summed E-state index contributed by atoms with van der Waals surface area (Å²) in [6, 6.07) is 17.9. The average molecular weight is 376 g/mol. The number of carbonyl (C=O) groups is 1. The molecule has 1 aliphatic rings. The van der Waals surface area contributed by atoms with E-state index in [-0.39, 0.29) is 25.3 Å². The summed E-state index contributed by atoms with van der Waals surface area (Å²) in [5, 5.41) is 2.57. The molecule has 1 saturated heterocycles. The Hall–Kier alpha value is -2.25. The van der Waals surface area contributed by atoms with Crippen LogP contribution in [0, 0.1) is 0 Å². The maximum atomic E-state index is 15.0. The lowest BCUT2D eigenvalue weighted by Crippen LogP contribution is -2.45. The van der Waals surface area contributed by atoms with E-state index in [0.29, 0.717) is 5.56 Å². The van der Waals surface area contributed by atoms with Gasteiger partial charge in [-0.05, 0) is 11.1 Å². The lowest BCUT2D eigenvalue weighted by Gasteiger charge is -2.20. The summed E-state index contributed by atoms with van der Waals surface area (Å²) in [4.78, 5) is 12.3. The van der Waals surface area contributed by atoms with Gasteiger partial charge in [0.05, 0.1) is 12.3 Å². The number of nitrogens with zero attached hydrogens (tertiary/aromatic N) is 1. The van der Waals surface area contributed by atoms with Gasteiger partial charge >= 0.3 is 0 Å². The monoisotopic (exact) mass is 376 g/mol. The number of sulfonamides is 1. The lowest BCUT2D eigenvalue weighted by atomic mass is 10.0. The van der Waals surface area contributed by atoms with Crippen LogP contribution < -0.4 is 5.32 Å². The van der Waals surface area contributed by atoms with Crippen molar-refractivity contribution in [1.82, 2.24) is 9.62 Å². The SMILES string of the molecule is O=C(NCc1ccccc1)C1(F)CCN(S(=O)(=O)Cc2ccccc2)C1. The van der Waals surface area contributed by atoms with Gasteiger partial charge in [0.1, 0.15) is 0 Å². The van der Waals surface area contributed by atoms with E-state index in [9.17, 15) is 13.2 Å². The first-order valence-corrected chi connectivity index (χ1v) is 10.0. The molecule has 1 heterocycles. The van der Waals surface area contributed by atoms with Crippen molar-refractivity contribution in [2.45, 2.75) is 24.4 Å². The number of amides is 1. The highest BCUT2D eigenvalue weighted by Crippen LogP contribution is 2.29. The number of benzene rings is 2. The molecule has 1 amide bonds. The largest absolute Gasteiger partial charge is 0.349 e. The zero-order valence-corrected chi connectivity index (χ0v) is 15.1. The van der Waals surface area contributed by atoms with Crippen molar-refractivity contribution in [2.24, 2.45) is 0 Å². The predicted octanol–water partition coefficient (Wildman–Crippen LogP) is 2.25. The number of hydrogen-bond donors (Lipinski definition) is 1. The van der Waals surface area contributed by atoms with E-state index in [1.165, 1.54) is 0 Å². The van der Waals surface area contributed by atoms with E-state index in [0.717, 1.165) is 9.87 Å². The van der Waals surface area contributed by atoms with Gasteiger partial charge in [-0.3, -0.25) is 4.79 Å². The van der Waals surface area contributed by atoms with Crippen LogP contribution in [0.25, 0.3) is 0 Å². The van der Waals surface area contributed by atoms with Crippen LogP contribution in [-0.2, 0) is 27.1 Å². The summed E-state index contributed by atoms with van der Waals surface area (Å²) in [7, 11) is -3.67. The third-order valence-corrected chi connectivity index (χ3v) is 6.27. The number of alkyl halides is 1. The summed E-state index contributed by atoms with van der Waals surface area (Å²) in [5.41, 5.74) is -0.702. The number of hydrogen-bond acceptors (Lipinski definition) is 3. The number of nitrogens with one attached hydrogen (secondary N) is 1. The minimum absolute atomic E-state index is 0.00439. The molecule has 0 saturated carbocycles. The molecule has 2 aromatic rings. The topological polar surface area (TPSA) is 66.5 Å². The van der Waals surface area contributed by atoms with Gasteiger partial charge < -0.3 is 5.32 Å². The Bertz CT molecular complexity index is 859. The molecule has 0 aromatic heterocycles. The first kappa shape index (κ1) is 18.5. The third kappa shape index (κ3) is 4.28. The van der Waals surface area contributed by atoms with Gasteiger partial charge in [0.2, 0.25) is 15.7 Å². The quantitative estimate of drug-likeness (QED) is 0.841. The maximum Gasteiger partial charge on any atom is 0.259 e. The molecule has 26 heavy (non-hydrogen) atoms.